The lowest BCUT2D eigenvalue weighted by Gasteiger charge is -2.31. The van der Waals surface area contributed by atoms with Gasteiger partial charge in [-0.05, 0) is 31.1 Å². The number of nitrogens with one attached hydrogen (secondary N) is 2. The van der Waals surface area contributed by atoms with E-state index in [4.69, 9.17) is 5.11 Å². The van der Waals surface area contributed by atoms with Gasteiger partial charge in [0, 0.05) is 5.92 Å². The van der Waals surface area contributed by atoms with E-state index in [0.29, 0.717) is 11.6 Å². The van der Waals surface area contributed by atoms with Crippen LogP contribution in [0.5, 0.6) is 0 Å². The van der Waals surface area contributed by atoms with Crippen molar-refractivity contribution in [2.24, 2.45) is 11.8 Å². The largest absolute Gasteiger partial charge is 0.477 e. The highest BCUT2D eigenvalue weighted by molar-refractivity contribution is 5.93. The lowest BCUT2D eigenvalue weighted by molar-refractivity contribution is -0.121. The van der Waals surface area contributed by atoms with Crippen LogP contribution in [0.4, 0.5) is 5.69 Å². The molecule has 0 aromatic carbocycles. The van der Waals surface area contributed by atoms with E-state index in [1.54, 1.807) is 6.07 Å². The molecule has 2 heterocycles. The van der Waals surface area contributed by atoms with Crippen molar-refractivity contribution < 1.29 is 14.7 Å². The maximum atomic E-state index is 11.9. The molecule has 1 atom stereocenters. The number of amides is 1. The third kappa shape index (κ3) is 2.65. The fraction of sp³-hybridized carbons (Fsp3) is 0.417. The molecule has 1 aliphatic rings. The van der Waals surface area contributed by atoms with Crippen LogP contribution in [-0.2, 0) is 4.79 Å². The Hall–Kier alpha value is -1.95. The molecule has 0 radical (unpaired) electrons. The third-order valence-electron chi connectivity index (χ3n) is 3.18. The fourth-order valence-electron chi connectivity index (χ4n) is 1.73. The highest BCUT2D eigenvalue weighted by atomic mass is 16.4. The minimum Gasteiger partial charge on any atom is -0.477 e. The van der Waals surface area contributed by atoms with E-state index in [9.17, 15) is 9.59 Å². The molecule has 6 nitrogen and oxygen atoms in total. The predicted octanol–water partition coefficient (Wildman–Crippen LogP) is 0.574. The number of aromatic carboxylic acids is 1. The van der Waals surface area contributed by atoms with Crippen LogP contribution in [0.25, 0.3) is 0 Å². The van der Waals surface area contributed by atoms with Crippen molar-refractivity contribution in [2.75, 3.05) is 18.4 Å². The van der Waals surface area contributed by atoms with Crippen molar-refractivity contribution in [1.29, 1.82) is 0 Å². The average Bonchev–Trinajstić information content (AvgIpc) is 2.27. The highest BCUT2D eigenvalue weighted by Gasteiger charge is 2.28. The summed E-state index contributed by atoms with van der Waals surface area (Å²) in [5, 5.41) is 14.6. The average molecular weight is 249 g/mol. The zero-order chi connectivity index (χ0) is 13.1. The van der Waals surface area contributed by atoms with Crippen molar-refractivity contribution in [3.8, 4) is 0 Å². The van der Waals surface area contributed by atoms with Gasteiger partial charge in [-0.25, -0.2) is 9.78 Å². The second-order valence-electron chi connectivity index (χ2n) is 4.43. The van der Waals surface area contributed by atoms with Gasteiger partial charge in [-0.2, -0.15) is 0 Å². The van der Waals surface area contributed by atoms with Crippen molar-refractivity contribution >= 4 is 17.6 Å². The number of pyridine rings is 1. The first-order valence-electron chi connectivity index (χ1n) is 5.79. The number of nitrogens with zero attached hydrogens (tertiary/aromatic N) is 1. The summed E-state index contributed by atoms with van der Waals surface area (Å²) in [5.41, 5.74) is 0.480. The lowest BCUT2D eigenvalue weighted by atomic mass is 9.88. The number of hydrogen-bond donors (Lipinski definition) is 3. The number of carboxylic acids is 1. The Kier molecular flexibility index (Phi) is 3.57. The molecule has 1 aromatic rings. The molecular formula is C12H15N3O3. The fourth-order valence-corrected chi connectivity index (χ4v) is 1.73. The number of carboxylic acid groups (broad SMARTS) is 1. The van der Waals surface area contributed by atoms with Gasteiger partial charge in [-0.3, -0.25) is 4.79 Å². The first kappa shape index (κ1) is 12.5. The van der Waals surface area contributed by atoms with Gasteiger partial charge in [0.2, 0.25) is 5.91 Å². The molecule has 1 saturated heterocycles. The van der Waals surface area contributed by atoms with Gasteiger partial charge in [0.1, 0.15) is 5.69 Å². The summed E-state index contributed by atoms with van der Waals surface area (Å²) in [6.45, 7) is 3.62. The Bertz CT molecular complexity index is 454. The standard InChI is InChI=1S/C12H15N3O3/c1-7(8-4-13-5-8)11(16)15-9-2-3-10(12(17)18)14-6-9/h2-3,6-8,13H,4-5H2,1H3,(H,15,16)(H,17,18). The lowest BCUT2D eigenvalue weighted by Crippen LogP contribution is -2.48. The van der Waals surface area contributed by atoms with Crippen LogP contribution in [0.2, 0.25) is 0 Å². The van der Waals surface area contributed by atoms with Crippen molar-refractivity contribution in [3.63, 3.8) is 0 Å². The van der Waals surface area contributed by atoms with Gasteiger partial charge >= 0.3 is 5.97 Å². The van der Waals surface area contributed by atoms with Gasteiger partial charge in [0.05, 0.1) is 11.9 Å². The van der Waals surface area contributed by atoms with Crippen molar-refractivity contribution in [1.82, 2.24) is 10.3 Å². The number of aromatic nitrogens is 1. The number of anilines is 1. The predicted molar refractivity (Wildman–Crippen MR) is 65.3 cm³/mol. The van der Waals surface area contributed by atoms with E-state index in [-0.39, 0.29) is 17.5 Å². The number of rotatable bonds is 4. The van der Waals surface area contributed by atoms with E-state index in [1.807, 2.05) is 6.92 Å². The molecule has 1 aromatic heterocycles. The van der Waals surface area contributed by atoms with Gasteiger partial charge in [0.15, 0.2) is 0 Å². The van der Waals surface area contributed by atoms with E-state index in [2.05, 4.69) is 15.6 Å². The Balaban J connectivity index is 1.96. The molecule has 0 bridgehead atoms. The SMILES string of the molecule is CC(C(=O)Nc1ccc(C(=O)O)nc1)C1CNC1. The molecule has 18 heavy (non-hydrogen) atoms. The second-order valence-corrected chi connectivity index (χ2v) is 4.43. The molecular weight excluding hydrogens is 234 g/mol. The summed E-state index contributed by atoms with van der Waals surface area (Å²) >= 11 is 0. The van der Waals surface area contributed by atoms with Crippen LogP contribution in [-0.4, -0.2) is 35.1 Å². The molecule has 0 spiro atoms. The Morgan fingerprint density at radius 2 is 2.22 bits per heavy atom. The molecule has 1 unspecified atom stereocenters. The highest BCUT2D eigenvalue weighted by Crippen LogP contribution is 2.18. The van der Waals surface area contributed by atoms with Crippen LogP contribution >= 0.6 is 0 Å². The molecule has 1 fully saturated rings. The van der Waals surface area contributed by atoms with Crippen LogP contribution in [0.1, 0.15) is 17.4 Å². The monoisotopic (exact) mass is 249 g/mol. The molecule has 2 rings (SSSR count). The van der Waals surface area contributed by atoms with E-state index < -0.39 is 5.97 Å². The normalized spacial score (nSPS) is 16.7. The van der Waals surface area contributed by atoms with Crippen LogP contribution in [0.3, 0.4) is 0 Å². The van der Waals surface area contributed by atoms with E-state index in [1.165, 1.54) is 12.3 Å². The topological polar surface area (TPSA) is 91.3 Å². The molecule has 6 heteroatoms. The van der Waals surface area contributed by atoms with Gasteiger partial charge in [-0.15, -0.1) is 0 Å². The summed E-state index contributed by atoms with van der Waals surface area (Å²) < 4.78 is 0. The summed E-state index contributed by atoms with van der Waals surface area (Å²) in [5.74, 6) is -0.838. The van der Waals surface area contributed by atoms with Crippen molar-refractivity contribution in [3.05, 3.63) is 24.0 Å². The minimum absolute atomic E-state index is 0.0377. The summed E-state index contributed by atoms with van der Waals surface area (Å²) in [4.78, 5) is 26.2. The molecule has 0 aliphatic carbocycles. The maximum Gasteiger partial charge on any atom is 0.354 e. The van der Waals surface area contributed by atoms with Crippen molar-refractivity contribution in [2.45, 2.75) is 6.92 Å². The molecule has 0 saturated carbocycles. The van der Waals surface area contributed by atoms with Crippen LogP contribution in [0, 0.1) is 11.8 Å². The smallest absolute Gasteiger partial charge is 0.354 e. The number of carbonyl (C=O) groups excluding carboxylic acids is 1. The molecule has 1 aliphatic heterocycles. The van der Waals surface area contributed by atoms with Gasteiger partial charge in [-0.1, -0.05) is 6.92 Å². The van der Waals surface area contributed by atoms with E-state index in [0.717, 1.165) is 13.1 Å². The number of carbonyl (C=O) groups is 2. The minimum atomic E-state index is -1.08. The van der Waals surface area contributed by atoms with Gasteiger partial charge < -0.3 is 15.7 Å². The molecule has 1 amide bonds. The third-order valence-corrected chi connectivity index (χ3v) is 3.18. The van der Waals surface area contributed by atoms with E-state index >= 15 is 0 Å². The Morgan fingerprint density at radius 3 is 2.67 bits per heavy atom. The van der Waals surface area contributed by atoms with Crippen LogP contribution < -0.4 is 10.6 Å². The van der Waals surface area contributed by atoms with Crippen LogP contribution in [0.15, 0.2) is 18.3 Å². The summed E-state index contributed by atoms with van der Waals surface area (Å²) in [6.07, 6.45) is 1.35. The second kappa shape index (κ2) is 5.14. The first-order chi connectivity index (χ1) is 8.58. The summed E-state index contributed by atoms with van der Waals surface area (Å²) in [7, 11) is 0. The zero-order valence-corrected chi connectivity index (χ0v) is 10.0. The van der Waals surface area contributed by atoms with Gasteiger partial charge in [0.25, 0.3) is 0 Å². The maximum absolute atomic E-state index is 11.9. The first-order valence-corrected chi connectivity index (χ1v) is 5.79. The molecule has 3 N–H and O–H groups in total. The molecule has 96 valence electrons. The quantitative estimate of drug-likeness (QED) is 0.725. The Labute approximate surface area is 104 Å². The zero-order valence-electron chi connectivity index (χ0n) is 10.0. The summed E-state index contributed by atoms with van der Waals surface area (Å²) in [6, 6.07) is 2.91. The number of hydrogen-bond acceptors (Lipinski definition) is 4. The Morgan fingerprint density at radius 1 is 1.50 bits per heavy atom.